The number of carbonyl (C=O) groups excluding carboxylic acids is 2. The molecule has 32 heavy (non-hydrogen) atoms. The van der Waals surface area contributed by atoms with E-state index in [0.717, 1.165) is 0 Å². The van der Waals surface area contributed by atoms with Gasteiger partial charge in [-0.05, 0) is 52.2 Å². The van der Waals surface area contributed by atoms with Gasteiger partial charge in [0.2, 0.25) is 11.8 Å². The molecule has 0 aliphatic rings. The molecule has 0 fully saturated rings. The second-order valence-corrected chi connectivity index (χ2v) is 7.69. The summed E-state index contributed by atoms with van der Waals surface area (Å²) in [7, 11) is 3.52. The monoisotopic (exact) mass is 446 g/mol. The van der Waals surface area contributed by atoms with Crippen molar-refractivity contribution in [2.75, 3.05) is 37.8 Å². The lowest BCUT2D eigenvalue weighted by atomic mass is 10.2. The summed E-state index contributed by atoms with van der Waals surface area (Å²) in [5, 5.41) is 43.9. The van der Waals surface area contributed by atoms with Crippen LogP contribution in [0.5, 0.6) is 23.0 Å². The number of rotatable bonds is 9. The molecule has 2 aromatic rings. The summed E-state index contributed by atoms with van der Waals surface area (Å²) in [6.45, 7) is 4.34. The lowest BCUT2D eigenvalue weighted by Gasteiger charge is -2.29. The van der Waals surface area contributed by atoms with Gasteiger partial charge in [0, 0.05) is 25.2 Å². The average molecular weight is 447 g/mol. The first kappa shape index (κ1) is 24.8. The van der Waals surface area contributed by atoms with E-state index in [2.05, 4.69) is 10.6 Å². The van der Waals surface area contributed by atoms with E-state index in [0.29, 0.717) is 13.1 Å². The topological polar surface area (TPSA) is 146 Å². The zero-order valence-corrected chi connectivity index (χ0v) is 18.5. The minimum absolute atomic E-state index is 0.0768. The van der Waals surface area contributed by atoms with Gasteiger partial charge in [-0.15, -0.1) is 0 Å². The number of phenols is 4. The van der Waals surface area contributed by atoms with Crippen molar-refractivity contribution in [3.05, 3.63) is 36.4 Å². The van der Waals surface area contributed by atoms with Gasteiger partial charge in [0.25, 0.3) is 0 Å². The van der Waals surface area contributed by atoms with Crippen LogP contribution >= 0.6 is 0 Å². The Balaban J connectivity index is 1.88. The highest BCUT2D eigenvalue weighted by atomic mass is 16.3. The minimum atomic E-state index is -0.543. The van der Waals surface area contributed by atoms with Crippen LogP contribution in [0.1, 0.15) is 13.8 Å². The number of carbonyl (C=O) groups is 2. The Morgan fingerprint density at radius 3 is 1.44 bits per heavy atom. The predicted molar refractivity (Wildman–Crippen MR) is 121 cm³/mol. The van der Waals surface area contributed by atoms with Crippen molar-refractivity contribution in [2.45, 2.75) is 25.9 Å². The first-order valence-corrected chi connectivity index (χ1v) is 10.1. The van der Waals surface area contributed by atoms with Crippen molar-refractivity contribution < 1.29 is 30.0 Å². The van der Waals surface area contributed by atoms with E-state index in [-0.39, 0.29) is 46.2 Å². The molecule has 2 amide bonds. The standard InChI is InChI=1S/C22H30N4O6/c1-13(21(31)23-17-11-15(27)5-7-19(17)29)25(3)9-10-26(4)14(2)22(32)24-18-12-16(28)6-8-20(18)30/h5-8,11-14,27-30H,9-10H2,1-4H3,(H,23,31)(H,24,32)/t13-,14-/m0/s1. The molecule has 0 heterocycles. The molecule has 0 aromatic heterocycles. The summed E-state index contributed by atoms with van der Waals surface area (Å²) in [4.78, 5) is 28.6. The van der Waals surface area contributed by atoms with Crippen LogP contribution in [-0.2, 0) is 9.59 Å². The Hall–Kier alpha value is -3.50. The lowest BCUT2D eigenvalue weighted by Crippen LogP contribution is -2.46. The lowest BCUT2D eigenvalue weighted by molar-refractivity contribution is -0.122. The molecule has 2 aromatic carbocycles. The van der Waals surface area contributed by atoms with Crippen LogP contribution in [-0.4, -0.2) is 81.3 Å². The fraction of sp³-hybridized carbons (Fsp3) is 0.364. The minimum Gasteiger partial charge on any atom is -0.508 e. The summed E-state index contributed by atoms with van der Waals surface area (Å²) in [5.74, 6) is -1.17. The number of hydrogen-bond acceptors (Lipinski definition) is 8. The molecule has 0 aliphatic carbocycles. The normalized spacial score (nSPS) is 13.1. The largest absolute Gasteiger partial charge is 0.508 e. The van der Waals surface area contributed by atoms with Gasteiger partial charge in [-0.2, -0.15) is 0 Å². The number of benzene rings is 2. The molecule has 2 rings (SSSR count). The van der Waals surface area contributed by atoms with Crippen LogP contribution in [0, 0.1) is 0 Å². The number of phenolic OH excluding ortho intramolecular Hbond substituents is 4. The molecule has 0 bridgehead atoms. The SMILES string of the molecule is C[C@@H](C(=O)Nc1cc(O)ccc1O)N(C)CCN(C)[C@@H](C)C(=O)Nc1cc(O)ccc1O. The molecule has 0 unspecified atom stereocenters. The van der Waals surface area contributed by atoms with E-state index in [1.807, 2.05) is 0 Å². The van der Waals surface area contributed by atoms with E-state index < -0.39 is 12.1 Å². The van der Waals surface area contributed by atoms with Gasteiger partial charge >= 0.3 is 0 Å². The molecule has 0 aliphatic heterocycles. The van der Waals surface area contributed by atoms with E-state index in [4.69, 9.17) is 0 Å². The highest BCUT2D eigenvalue weighted by Crippen LogP contribution is 2.28. The molecule has 10 nitrogen and oxygen atoms in total. The van der Waals surface area contributed by atoms with Crippen molar-refractivity contribution in [1.82, 2.24) is 9.80 Å². The van der Waals surface area contributed by atoms with Crippen molar-refractivity contribution in [3.8, 4) is 23.0 Å². The Bertz CT molecular complexity index is 890. The summed E-state index contributed by atoms with van der Waals surface area (Å²) in [6, 6.07) is 6.65. The van der Waals surface area contributed by atoms with Crippen molar-refractivity contribution >= 4 is 23.2 Å². The Morgan fingerprint density at radius 2 is 1.09 bits per heavy atom. The molecular formula is C22H30N4O6. The van der Waals surface area contributed by atoms with E-state index >= 15 is 0 Å². The first-order valence-electron chi connectivity index (χ1n) is 10.1. The molecule has 6 N–H and O–H groups in total. The van der Waals surface area contributed by atoms with Crippen molar-refractivity contribution in [3.63, 3.8) is 0 Å². The molecule has 0 radical (unpaired) electrons. The Kier molecular flexibility index (Phi) is 8.27. The summed E-state index contributed by atoms with van der Waals surface area (Å²) < 4.78 is 0. The molecule has 2 atom stereocenters. The highest BCUT2D eigenvalue weighted by Gasteiger charge is 2.23. The average Bonchev–Trinajstić information content (AvgIpc) is 2.75. The summed E-state index contributed by atoms with van der Waals surface area (Å²) in [5.41, 5.74) is 0.237. The van der Waals surface area contributed by atoms with Gasteiger partial charge in [-0.3, -0.25) is 19.4 Å². The van der Waals surface area contributed by atoms with Crippen LogP contribution < -0.4 is 10.6 Å². The molecule has 0 saturated heterocycles. The Morgan fingerprint density at radius 1 is 0.750 bits per heavy atom. The third kappa shape index (κ3) is 6.50. The maximum absolute atomic E-state index is 12.5. The molecule has 0 saturated carbocycles. The van der Waals surface area contributed by atoms with Crippen LogP contribution in [0.25, 0.3) is 0 Å². The summed E-state index contributed by atoms with van der Waals surface area (Å²) in [6.07, 6.45) is 0. The van der Waals surface area contributed by atoms with Crippen molar-refractivity contribution in [2.24, 2.45) is 0 Å². The van der Waals surface area contributed by atoms with Crippen molar-refractivity contribution in [1.29, 1.82) is 0 Å². The van der Waals surface area contributed by atoms with Gasteiger partial charge in [0.15, 0.2) is 0 Å². The quantitative estimate of drug-likeness (QED) is 0.252. The van der Waals surface area contributed by atoms with Crippen LogP contribution in [0.2, 0.25) is 0 Å². The third-order valence-electron chi connectivity index (χ3n) is 5.36. The maximum atomic E-state index is 12.5. The third-order valence-corrected chi connectivity index (χ3v) is 5.36. The number of hydrogen-bond donors (Lipinski definition) is 6. The number of anilines is 2. The number of aromatic hydroxyl groups is 4. The van der Waals surface area contributed by atoms with Gasteiger partial charge < -0.3 is 31.1 Å². The van der Waals surface area contributed by atoms with E-state index in [9.17, 15) is 30.0 Å². The number of amides is 2. The number of likely N-dealkylation sites (N-methyl/N-ethyl adjacent to an activating group) is 2. The molecule has 0 spiro atoms. The van der Waals surface area contributed by atoms with Gasteiger partial charge in [-0.25, -0.2) is 0 Å². The fourth-order valence-electron chi connectivity index (χ4n) is 2.83. The maximum Gasteiger partial charge on any atom is 0.241 e. The highest BCUT2D eigenvalue weighted by molar-refractivity contribution is 5.96. The smallest absolute Gasteiger partial charge is 0.241 e. The van der Waals surface area contributed by atoms with Gasteiger partial charge in [0.1, 0.15) is 23.0 Å². The Labute approximate surface area is 186 Å². The molecular weight excluding hydrogens is 416 g/mol. The van der Waals surface area contributed by atoms with Gasteiger partial charge in [-0.1, -0.05) is 0 Å². The second-order valence-electron chi connectivity index (χ2n) is 7.69. The second kappa shape index (κ2) is 10.7. The van der Waals surface area contributed by atoms with E-state index in [1.165, 1.54) is 36.4 Å². The summed E-state index contributed by atoms with van der Waals surface area (Å²) >= 11 is 0. The zero-order valence-electron chi connectivity index (χ0n) is 18.5. The van der Waals surface area contributed by atoms with E-state index in [1.54, 1.807) is 37.7 Å². The number of nitrogens with one attached hydrogen (secondary N) is 2. The van der Waals surface area contributed by atoms with Crippen LogP contribution in [0.4, 0.5) is 11.4 Å². The molecule has 10 heteroatoms. The number of nitrogens with zero attached hydrogens (tertiary/aromatic N) is 2. The zero-order chi connectivity index (χ0) is 24.0. The van der Waals surface area contributed by atoms with Gasteiger partial charge in [0.05, 0.1) is 23.5 Å². The molecule has 174 valence electrons. The predicted octanol–water partition coefficient (Wildman–Crippen LogP) is 1.73. The first-order chi connectivity index (χ1) is 15.0. The van der Waals surface area contributed by atoms with Crippen LogP contribution in [0.15, 0.2) is 36.4 Å². The van der Waals surface area contributed by atoms with Crippen LogP contribution in [0.3, 0.4) is 0 Å². The fourth-order valence-corrected chi connectivity index (χ4v) is 2.83.